The lowest BCUT2D eigenvalue weighted by molar-refractivity contribution is -0.114. The number of benzene rings is 1. The van der Waals surface area contributed by atoms with E-state index in [1.54, 1.807) is 0 Å². The van der Waals surface area contributed by atoms with Crippen molar-refractivity contribution < 1.29 is 9.53 Å². The van der Waals surface area contributed by atoms with Gasteiger partial charge in [-0.1, -0.05) is 12.1 Å². The summed E-state index contributed by atoms with van der Waals surface area (Å²) in [4.78, 5) is 11.1. The van der Waals surface area contributed by atoms with Gasteiger partial charge in [-0.25, -0.2) is 0 Å². The second-order valence-corrected chi connectivity index (χ2v) is 5.26. The van der Waals surface area contributed by atoms with Gasteiger partial charge < -0.3 is 15.4 Å². The van der Waals surface area contributed by atoms with E-state index >= 15 is 0 Å². The number of anilines is 1. The molecule has 0 fully saturated rings. The molecule has 1 rings (SSSR count). The number of nitrogens with one attached hydrogen (secondary N) is 2. The molecule has 0 heterocycles. The Morgan fingerprint density at radius 1 is 1.30 bits per heavy atom. The molecule has 0 aromatic heterocycles. The largest absolute Gasteiger partial charge is 0.379 e. The predicted octanol–water partition coefficient (Wildman–Crippen LogP) is 3.11. The van der Waals surface area contributed by atoms with Crippen LogP contribution in [0.3, 0.4) is 0 Å². The summed E-state index contributed by atoms with van der Waals surface area (Å²) in [5.41, 5.74) is 2.01. The highest BCUT2D eigenvalue weighted by Crippen LogP contribution is 2.17. The van der Waals surface area contributed by atoms with Crippen molar-refractivity contribution in [3.05, 3.63) is 29.8 Å². The molecule has 1 aromatic carbocycles. The maximum Gasteiger partial charge on any atom is 0.221 e. The first-order valence-corrected chi connectivity index (χ1v) is 7.21. The van der Waals surface area contributed by atoms with Gasteiger partial charge in [0.15, 0.2) is 0 Å². The van der Waals surface area contributed by atoms with Crippen molar-refractivity contribution in [2.75, 3.05) is 18.5 Å². The number of amides is 1. The fourth-order valence-electron chi connectivity index (χ4n) is 1.92. The lowest BCUT2D eigenvalue weighted by Gasteiger charge is -2.16. The minimum Gasteiger partial charge on any atom is -0.379 e. The van der Waals surface area contributed by atoms with E-state index in [1.165, 1.54) is 12.5 Å². The molecule has 0 aliphatic rings. The zero-order valence-electron chi connectivity index (χ0n) is 12.9. The molecule has 1 atom stereocenters. The predicted molar refractivity (Wildman–Crippen MR) is 82.9 cm³/mol. The van der Waals surface area contributed by atoms with Crippen LogP contribution in [0.1, 0.15) is 45.7 Å². The first-order chi connectivity index (χ1) is 9.49. The van der Waals surface area contributed by atoms with Crippen LogP contribution in [0.25, 0.3) is 0 Å². The van der Waals surface area contributed by atoms with E-state index in [0.29, 0.717) is 6.10 Å². The number of hydrogen-bond donors (Lipinski definition) is 2. The molecule has 1 aromatic rings. The molecule has 4 nitrogen and oxygen atoms in total. The standard InChI is InChI=1S/C16H26N2O2/c1-12(2)20-10-6-9-17-13(3)15-7-5-8-16(11-15)18-14(4)19/h5,7-8,11-13,17H,6,9-10H2,1-4H3,(H,18,19). The number of hydrogen-bond acceptors (Lipinski definition) is 3. The van der Waals surface area contributed by atoms with Crippen LogP contribution in [-0.4, -0.2) is 25.2 Å². The average Bonchev–Trinajstić information content (AvgIpc) is 2.37. The molecule has 20 heavy (non-hydrogen) atoms. The van der Waals surface area contributed by atoms with E-state index in [0.717, 1.165) is 25.3 Å². The quantitative estimate of drug-likeness (QED) is 0.718. The Hall–Kier alpha value is -1.39. The van der Waals surface area contributed by atoms with Crippen LogP contribution >= 0.6 is 0 Å². The molecule has 0 spiro atoms. The first-order valence-electron chi connectivity index (χ1n) is 7.21. The summed E-state index contributed by atoms with van der Waals surface area (Å²) >= 11 is 0. The third kappa shape index (κ3) is 6.68. The Morgan fingerprint density at radius 2 is 2.05 bits per heavy atom. The molecular formula is C16H26N2O2. The molecule has 4 heteroatoms. The maximum absolute atomic E-state index is 11.1. The van der Waals surface area contributed by atoms with Crippen molar-refractivity contribution in [2.45, 2.75) is 46.3 Å². The highest BCUT2D eigenvalue weighted by atomic mass is 16.5. The van der Waals surface area contributed by atoms with Crippen LogP contribution in [-0.2, 0) is 9.53 Å². The number of rotatable bonds is 8. The van der Waals surface area contributed by atoms with Gasteiger partial charge in [0.25, 0.3) is 0 Å². The molecule has 0 aliphatic heterocycles. The summed E-state index contributed by atoms with van der Waals surface area (Å²) in [5, 5.41) is 6.26. The van der Waals surface area contributed by atoms with Crippen LogP contribution in [0.15, 0.2) is 24.3 Å². The third-order valence-electron chi connectivity index (χ3n) is 2.93. The van der Waals surface area contributed by atoms with Gasteiger partial charge in [-0.2, -0.15) is 0 Å². The van der Waals surface area contributed by atoms with Crippen molar-refractivity contribution in [1.29, 1.82) is 0 Å². The Morgan fingerprint density at radius 3 is 2.70 bits per heavy atom. The van der Waals surface area contributed by atoms with E-state index in [1.807, 2.05) is 32.0 Å². The van der Waals surface area contributed by atoms with Gasteiger partial charge in [-0.05, 0) is 51.4 Å². The second-order valence-electron chi connectivity index (χ2n) is 5.26. The van der Waals surface area contributed by atoms with Crippen molar-refractivity contribution >= 4 is 11.6 Å². The molecule has 0 bridgehead atoms. The van der Waals surface area contributed by atoms with Crippen LogP contribution in [0.4, 0.5) is 5.69 Å². The van der Waals surface area contributed by atoms with Crippen LogP contribution < -0.4 is 10.6 Å². The lowest BCUT2D eigenvalue weighted by atomic mass is 10.1. The van der Waals surface area contributed by atoms with E-state index in [-0.39, 0.29) is 11.9 Å². The Bertz CT molecular complexity index is 419. The lowest BCUT2D eigenvalue weighted by Crippen LogP contribution is -2.21. The minimum atomic E-state index is -0.0476. The van der Waals surface area contributed by atoms with Crippen molar-refractivity contribution in [3.8, 4) is 0 Å². The Kier molecular flexibility index (Phi) is 7.26. The number of carbonyl (C=O) groups is 1. The normalized spacial score (nSPS) is 12.4. The average molecular weight is 278 g/mol. The minimum absolute atomic E-state index is 0.0476. The maximum atomic E-state index is 11.1. The summed E-state index contributed by atoms with van der Waals surface area (Å²) in [5.74, 6) is -0.0476. The van der Waals surface area contributed by atoms with Gasteiger partial charge in [0.2, 0.25) is 5.91 Å². The summed E-state index contributed by atoms with van der Waals surface area (Å²) in [6.45, 7) is 9.42. The molecule has 0 aliphatic carbocycles. The summed E-state index contributed by atoms with van der Waals surface area (Å²) in [7, 11) is 0. The van der Waals surface area contributed by atoms with Gasteiger partial charge in [0, 0.05) is 25.3 Å². The monoisotopic (exact) mass is 278 g/mol. The SMILES string of the molecule is CC(=O)Nc1cccc(C(C)NCCCOC(C)C)c1. The molecule has 1 amide bonds. The molecule has 112 valence electrons. The van der Waals surface area contributed by atoms with Crippen LogP contribution in [0.2, 0.25) is 0 Å². The number of ether oxygens (including phenoxy) is 1. The van der Waals surface area contributed by atoms with Crippen LogP contribution in [0.5, 0.6) is 0 Å². The summed E-state index contributed by atoms with van der Waals surface area (Å²) in [6, 6.07) is 8.18. The topological polar surface area (TPSA) is 50.4 Å². The molecular weight excluding hydrogens is 252 g/mol. The van der Waals surface area contributed by atoms with Gasteiger partial charge in [0.1, 0.15) is 0 Å². The highest BCUT2D eigenvalue weighted by molar-refractivity contribution is 5.88. The fourth-order valence-corrected chi connectivity index (χ4v) is 1.92. The zero-order chi connectivity index (χ0) is 15.0. The fraction of sp³-hybridized carbons (Fsp3) is 0.562. The zero-order valence-corrected chi connectivity index (χ0v) is 12.9. The molecule has 0 saturated carbocycles. The first kappa shape index (κ1) is 16.7. The van der Waals surface area contributed by atoms with Gasteiger partial charge in [-0.15, -0.1) is 0 Å². The van der Waals surface area contributed by atoms with Gasteiger partial charge >= 0.3 is 0 Å². The Labute approximate surface area is 121 Å². The summed E-state index contributed by atoms with van der Waals surface area (Å²) in [6.07, 6.45) is 1.29. The third-order valence-corrected chi connectivity index (χ3v) is 2.93. The van der Waals surface area contributed by atoms with Crippen molar-refractivity contribution in [1.82, 2.24) is 5.32 Å². The van der Waals surface area contributed by atoms with Crippen LogP contribution in [0, 0.1) is 0 Å². The van der Waals surface area contributed by atoms with E-state index in [4.69, 9.17) is 4.74 Å². The molecule has 0 radical (unpaired) electrons. The Balaban J connectivity index is 2.39. The molecule has 0 saturated heterocycles. The van der Waals surface area contributed by atoms with E-state index in [2.05, 4.69) is 23.6 Å². The second kappa shape index (κ2) is 8.72. The summed E-state index contributed by atoms with van der Waals surface area (Å²) < 4.78 is 5.50. The van der Waals surface area contributed by atoms with Crippen molar-refractivity contribution in [3.63, 3.8) is 0 Å². The van der Waals surface area contributed by atoms with E-state index in [9.17, 15) is 4.79 Å². The highest BCUT2D eigenvalue weighted by Gasteiger charge is 2.05. The van der Waals surface area contributed by atoms with Gasteiger partial charge in [-0.3, -0.25) is 4.79 Å². The molecule has 1 unspecified atom stereocenters. The van der Waals surface area contributed by atoms with E-state index < -0.39 is 0 Å². The number of carbonyl (C=O) groups excluding carboxylic acids is 1. The smallest absolute Gasteiger partial charge is 0.221 e. The molecule has 2 N–H and O–H groups in total. The van der Waals surface area contributed by atoms with Gasteiger partial charge in [0.05, 0.1) is 6.10 Å². The van der Waals surface area contributed by atoms with Crippen molar-refractivity contribution in [2.24, 2.45) is 0 Å².